The molecule has 2 aromatic rings. The first kappa shape index (κ1) is 15.8. The quantitative estimate of drug-likeness (QED) is 0.724. The topological polar surface area (TPSA) is 91.6 Å². The van der Waals surface area contributed by atoms with E-state index in [4.69, 9.17) is 9.52 Å². The highest BCUT2D eigenvalue weighted by molar-refractivity contribution is 5.93. The van der Waals surface area contributed by atoms with Crippen molar-refractivity contribution in [3.8, 4) is 0 Å². The summed E-state index contributed by atoms with van der Waals surface area (Å²) in [7, 11) is 0. The molecule has 0 radical (unpaired) electrons. The summed E-state index contributed by atoms with van der Waals surface area (Å²) in [5, 5.41) is 14.2. The average molecular weight is 302 g/mol. The fourth-order valence-corrected chi connectivity index (χ4v) is 1.89. The number of anilines is 1. The number of amides is 2. The molecule has 1 aromatic carbocycles. The van der Waals surface area contributed by atoms with E-state index < -0.39 is 0 Å². The predicted octanol–water partition coefficient (Wildman–Crippen LogP) is 1.57. The Balaban J connectivity index is 1.72. The monoisotopic (exact) mass is 302 g/mol. The van der Waals surface area contributed by atoms with Gasteiger partial charge >= 0.3 is 0 Å². The third-order valence-electron chi connectivity index (χ3n) is 3.02. The van der Waals surface area contributed by atoms with Gasteiger partial charge in [-0.3, -0.25) is 9.59 Å². The van der Waals surface area contributed by atoms with E-state index in [9.17, 15) is 9.59 Å². The minimum Gasteiger partial charge on any atom is -0.459 e. The van der Waals surface area contributed by atoms with Crippen LogP contribution < -0.4 is 10.6 Å². The molecule has 1 heterocycles. The first-order valence-corrected chi connectivity index (χ1v) is 7.00. The van der Waals surface area contributed by atoms with Crippen LogP contribution in [0.15, 0.2) is 47.1 Å². The Morgan fingerprint density at radius 1 is 1.14 bits per heavy atom. The Bertz CT molecular complexity index is 606. The number of aliphatic hydroxyl groups is 1. The average Bonchev–Trinajstić information content (AvgIpc) is 3.04. The molecule has 3 N–H and O–H groups in total. The molecule has 2 rings (SSSR count). The second-order valence-corrected chi connectivity index (χ2v) is 4.70. The molecule has 1 aromatic heterocycles. The van der Waals surface area contributed by atoms with Gasteiger partial charge in [0.15, 0.2) is 5.76 Å². The predicted molar refractivity (Wildman–Crippen MR) is 81.5 cm³/mol. The van der Waals surface area contributed by atoms with Crippen LogP contribution in [0, 0.1) is 0 Å². The van der Waals surface area contributed by atoms with Crippen molar-refractivity contribution in [1.82, 2.24) is 5.32 Å². The molecule has 0 spiro atoms. The molecule has 0 atom stereocenters. The third-order valence-corrected chi connectivity index (χ3v) is 3.02. The molecule has 22 heavy (non-hydrogen) atoms. The maximum absolute atomic E-state index is 11.8. The molecular formula is C16H18N2O4. The molecule has 0 unspecified atom stereocenters. The lowest BCUT2D eigenvalue weighted by Crippen LogP contribution is -2.27. The van der Waals surface area contributed by atoms with Crippen LogP contribution in [-0.2, 0) is 11.2 Å². The highest BCUT2D eigenvalue weighted by atomic mass is 16.3. The summed E-state index contributed by atoms with van der Waals surface area (Å²) in [4.78, 5) is 23.4. The minimum absolute atomic E-state index is 0.0983. The molecular weight excluding hydrogens is 284 g/mol. The van der Waals surface area contributed by atoms with Gasteiger partial charge in [-0.05, 0) is 36.2 Å². The molecule has 116 valence electrons. The van der Waals surface area contributed by atoms with E-state index in [1.807, 2.05) is 12.1 Å². The molecule has 0 fully saturated rings. The van der Waals surface area contributed by atoms with Gasteiger partial charge in [-0.2, -0.15) is 0 Å². The van der Waals surface area contributed by atoms with Gasteiger partial charge in [0.05, 0.1) is 6.26 Å². The van der Waals surface area contributed by atoms with E-state index in [0.29, 0.717) is 12.1 Å². The highest BCUT2D eigenvalue weighted by Crippen LogP contribution is 2.10. The van der Waals surface area contributed by atoms with Gasteiger partial charge < -0.3 is 20.2 Å². The van der Waals surface area contributed by atoms with E-state index in [2.05, 4.69) is 10.6 Å². The number of aliphatic hydroxyl groups excluding tert-OH is 1. The number of nitrogens with one attached hydrogen (secondary N) is 2. The first-order chi connectivity index (χ1) is 10.7. The summed E-state index contributed by atoms with van der Waals surface area (Å²) < 4.78 is 4.95. The van der Waals surface area contributed by atoms with Crippen LogP contribution in [0.1, 0.15) is 22.5 Å². The maximum atomic E-state index is 11.8. The number of furan rings is 1. The van der Waals surface area contributed by atoms with Gasteiger partial charge in [0.2, 0.25) is 5.91 Å². The zero-order chi connectivity index (χ0) is 15.8. The van der Waals surface area contributed by atoms with Crippen LogP contribution in [0.5, 0.6) is 0 Å². The van der Waals surface area contributed by atoms with Crippen molar-refractivity contribution in [2.45, 2.75) is 12.8 Å². The molecule has 0 aliphatic carbocycles. The van der Waals surface area contributed by atoms with E-state index in [0.717, 1.165) is 5.56 Å². The van der Waals surface area contributed by atoms with E-state index in [1.54, 1.807) is 24.3 Å². The van der Waals surface area contributed by atoms with Crippen LogP contribution in [0.25, 0.3) is 0 Å². The SMILES string of the molecule is O=C(CCNC(=O)c1ccco1)Nc1ccc(CCO)cc1. The summed E-state index contributed by atoms with van der Waals surface area (Å²) in [6, 6.07) is 10.5. The Morgan fingerprint density at radius 2 is 1.91 bits per heavy atom. The number of carbonyl (C=O) groups excluding carboxylic acids is 2. The number of benzene rings is 1. The lowest BCUT2D eigenvalue weighted by atomic mass is 10.1. The summed E-state index contributed by atoms with van der Waals surface area (Å²) >= 11 is 0. The number of hydrogen-bond donors (Lipinski definition) is 3. The van der Waals surface area contributed by atoms with Crippen LogP contribution in [-0.4, -0.2) is 30.1 Å². The van der Waals surface area contributed by atoms with Gasteiger partial charge in [-0.15, -0.1) is 0 Å². The largest absolute Gasteiger partial charge is 0.459 e. The van der Waals surface area contributed by atoms with Crippen LogP contribution >= 0.6 is 0 Å². The van der Waals surface area contributed by atoms with Crippen molar-refractivity contribution in [2.75, 3.05) is 18.5 Å². The van der Waals surface area contributed by atoms with Crippen molar-refractivity contribution in [3.05, 3.63) is 54.0 Å². The maximum Gasteiger partial charge on any atom is 0.286 e. The first-order valence-electron chi connectivity index (χ1n) is 7.00. The van der Waals surface area contributed by atoms with Crippen molar-refractivity contribution < 1.29 is 19.1 Å². The Hall–Kier alpha value is -2.60. The van der Waals surface area contributed by atoms with Gasteiger partial charge in [0.25, 0.3) is 5.91 Å². The Morgan fingerprint density at radius 3 is 2.55 bits per heavy atom. The highest BCUT2D eigenvalue weighted by Gasteiger charge is 2.08. The lowest BCUT2D eigenvalue weighted by molar-refractivity contribution is -0.116. The van der Waals surface area contributed by atoms with Crippen LogP contribution in [0.2, 0.25) is 0 Å². The molecule has 0 aliphatic heterocycles. The fraction of sp³-hybridized carbons (Fsp3) is 0.250. The van der Waals surface area contributed by atoms with Crippen LogP contribution in [0.3, 0.4) is 0 Å². The van der Waals surface area contributed by atoms with Gasteiger partial charge in [-0.25, -0.2) is 0 Å². The summed E-state index contributed by atoms with van der Waals surface area (Å²) in [6.07, 6.45) is 2.18. The fourth-order valence-electron chi connectivity index (χ4n) is 1.89. The second-order valence-electron chi connectivity index (χ2n) is 4.70. The smallest absolute Gasteiger partial charge is 0.286 e. The molecule has 0 saturated heterocycles. The van der Waals surface area contributed by atoms with E-state index in [1.165, 1.54) is 6.26 Å². The lowest BCUT2D eigenvalue weighted by Gasteiger charge is -2.07. The minimum atomic E-state index is -0.342. The molecule has 0 saturated carbocycles. The Kier molecular flexibility index (Phi) is 5.73. The second kappa shape index (κ2) is 7.99. The standard InChI is InChI=1S/C16H18N2O4/c19-10-8-12-3-5-13(6-4-12)18-15(20)7-9-17-16(21)14-2-1-11-22-14/h1-6,11,19H,7-10H2,(H,17,21)(H,18,20). The van der Waals surface area contributed by atoms with Gasteiger partial charge in [0.1, 0.15) is 0 Å². The van der Waals surface area contributed by atoms with Crippen LogP contribution in [0.4, 0.5) is 5.69 Å². The van der Waals surface area contributed by atoms with E-state index in [-0.39, 0.29) is 37.1 Å². The summed E-state index contributed by atoms with van der Waals surface area (Å²) in [5.74, 6) is -0.305. The Labute approximate surface area is 128 Å². The van der Waals surface area contributed by atoms with Gasteiger partial charge in [0, 0.05) is 25.3 Å². The van der Waals surface area contributed by atoms with Crippen molar-refractivity contribution in [3.63, 3.8) is 0 Å². The zero-order valence-corrected chi connectivity index (χ0v) is 12.0. The number of rotatable bonds is 7. The molecule has 6 nitrogen and oxygen atoms in total. The van der Waals surface area contributed by atoms with E-state index >= 15 is 0 Å². The molecule has 2 amide bonds. The normalized spacial score (nSPS) is 10.2. The summed E-state index contributed by atoms with van der Waals surface area (Å²) in [5.41, 5.74) is 1.69. The number of hydrogen-bond acceptors (Lipinski definition) is 4. The molecule has 0 aliphatic rings. The summed E-state index contributed by atoms with van der Waals surface area (Å²) in [6.45, 7) is 0.328. The number of carbonyl (C=O) groups is 2. The van der Waals surface area contributed by atoms with Crippen molar-refractivity contribution >= 4 is 17.5 Å². The molecule has 0 bridgehead atoms. The molecule has 6 heteroatoms. The third kappa shape index (κ3) is 4.75. The zero-order valence-electron chi connectivity index (χ0n) is 12.0. The van der Waals surface area contributed by atoms with Crippen molar-refractivity contribution in [2.24, 2.45) is 0 Å². The van der Waals surface area contributed by atoms with Crippen molar-refractivity contribution in [1.29, 1.82) is 0 Å². The van der Waals surface area contributed by atoms with Gasteiger partial charge in [-0.1, -0.05) is 12.1 Å².